The smallest absolute Gasteiger partial charge is 0.249 e. The third kappa shape index (κ3) is 3.23. The summed E-state index contributed by atoms with van der Waals surface area (Å²) < 4.78 is 11.0. The van der Waals surface area contributed by atoms with Gasteiger partial charge in [-0.2, -0.15) is 0 Å². The summed E-state index contributed by atoms with van der Waals surface area (Å²) in [6.45, 7) is 5.72. The first-order valence-electron chi connectivity index (χ1n) is 6.27. The quantitative estimate of drug-likeness (QED) is 0.820. The highest BCUT2D eigenvalue weighted by atomic mass is 16.5. The Morgan fingerprint density at radius 3 is 3.00 bits per heavy atom. The molecule has 1 aliphatic rings. The number of ether oxygens (including phenoxy) is 2. The summed E-state index contributed by atoms with van der Waals surface area (Å²) in [6, 6.07) is 7.83. The zero-order chi connectivity index (χ0) is 13.0. The maximum atomic E-state index is 12.0. The molecule has 0 saturated heterocycles. The first-order valence-corrected chi connectivity index (χ1v) is 6.27. The van der Waals surface area contributed by atoms with Crippen molar-refractivity contribution in [2.75, 3.05) is 19.8 Å². The number of para-hydroxylation sites is 1. The van der Waals surface area contributed by atoms with Gasteiger partial charge >= 0.3 is 0 Å². The molecule has 4 heteroatoms. The van der Waals surface area contributed by atoms with Crippen molar-refractivity contribution in [3.8, 4) is 5.75 Å². The van der Waals surface area contributed by atoms with Crippen LogP contribution in [0.2, 0.25) is 0 Å². The monoisotopic (exact) mass is 249 g/mol. The van der Waals surface area contributed by atoms with Gasteiger partial charge in [0.15, 0.2) is 0 Å². The van der Waals surface area contributed by atoms with Crippen LogP contribution < -0.4 is 4.74 Å². The molecule has 0 radical (unpaired) electrons. The van der Waals surface area contributed by atoms with Gasteiger partial charge in [0.2, 0.25) is 5.91 Å². The Morgan fingerprint density at radius 2 is 2.22 bits per heavy atom. The highest BCUT2D eigenvalue weighted by Crippen LogP contribution is 2.22. The van der Waals surface area contributed by atoms with Crippen molar-refractivity contribution in [2.45, 2.75) is 26.5 Å². The van der Waals surface area contributed by atoms with Crippen molar-refractivity contribution in [1.29, 1.82) is 0 Å². The molecule has 98 valence electrons. The van der Waals surface area contributed by atoms with Gasteiger partial charge in [0.25, 0.3) is 0 Å². The van der Waals surface area contributed by atoms with Gasteiger partial charge < -0.3 is 14.4 Å². The lowest BCUT2D eigenvalue weighted by Crippen LogP contribution is -2.35. The Bertz CT molecular complexity index is 417. The standard InChI is InChI=1S/C14H19NO3/c1-11(2)18-10-14(16)15-7-8-17-13-6-4-3-5-12(13)9-15/h3-6,11H,7-10H2,1-2H3. The van der Waals surface area contributed by atoms with Crippen LogP contribution in [0.15, 0.2) is 24.3 Å². The normalized spacial score (nSPS) is 14.9. The van der Waals surface area contributed by atoms with Gasteiger partial charge in [-0.05, 0) is 19.9 Å². The Kier molecular flexibility index (Phi) is 4.20. The summed E-state index contributed by atoms with van der Waals surface area (Å²) in [6.07, 6.45) is 0.0736. The second kappa shape index (κ2) is 5.87. The van der Waals surface area contributed by atoms with E-state index in [0.29, 0.717) is 19.7 Å². The molecule has 18 heavy (non-hydrogen) atoms. The number of rotatable bonds is 3. The molecule has 0 aliphatic carbocycles. The SMILES string of the molecule is CC(C)OCC(=O)N1CCOc2ccccc2C1. The molecule has 0 N–H and O–H groups in total. The van der Waals surface area contributed by atoms with E-state index in [2.05, 4.69) is 0 Å². The van der Waals surface area contributed by atoms with Crippen LogP contribution >= 0.6 is 0 Å². The Labute approximate surface area is 107 Å². The van der Waals surface area contributed by atoms with Gasteiger partial charge in [0, 0.05) is 12.1 Å². The summed E-state index contributed by atoms with van der Waals surface area (Å²) in [4.78, 5) is 13.8. The van der Waals surface area contributed by atoms with Crippen LogP contribution in [0.25, 0.3) is 0 Å². The third-order valence-corrected chi connectivity index (χ3v) is 2.85. The Morgan fingerprint density at radius 1 is 1.44 bits per heavy atom. The minimum atomic E-state index is 0.0176. The van der Waals surface area contributed by atoms with E-state index in [4.69, 9.17) is 9.47 Å². The van der Waals surface area contributed by atoms with Crippen LogP contribution in [0, 0.1) is 0 Å². The molecule has 1 aliphatic heterocycles. The highest BCUT2D eigenvalue weighted by molar-refractivity contribution is 5.77. The lowest BCUT2D eigenvalue weighted by molar-refractivity contribution is -0.138. The lowest BCUT2D eigenvalue weighted by Gasteiger charge is -2.20. The Balaban J connectivity index is 2.01. The molecular weight excluding hydrogens is 230 g/mol. The van der Waals surface area contributed by atoms with Crippen molar-refractivity contribution in [2.24, 2.45) is 0 Å². The van der Waals surface area contributed by atoms with Crippen molar-refractivity contribution in [3.63, 3.8) is 0 Å². The van der Waals surface area contributed by atoms with Gasteiger partial charge in [-0.1, -0.05) is 18.2 Å². The Hall–Kier alpha value is -1.55. The molecule has 0 bridgehead atoms. The van der Waals surface area contributed by atoms with E-state index in [9.17, 15) is 4.79 Å². The second-order valence-corrected chi connectivity index (χ2v) is 4.63. The molecular formula is C14H19NO3. The summed E-state index contributed by atoms with van der Waals surface area (Å²) >= 11 is 0. The summed E-state index contributed by atoms with van der Waals surface area (Å²) in [5, 5.41) is 0. The van der Waals surface area contributed by atoms with E-state index in [0.717, 1.165) is 11.3 Å². The number of fused-ring (bicyclic) bond motifs is 1. The number of hydrogen-bond donors (Lipinski definition) is 0. The fourth-order valence-corrected chi connectivity index (χ4v) is 1.87. The van der Waals surface area contributed by atoms with Crippen LogP contribution in [0.3, 0.4) is 0 Å². The molecule has 1 aromatic rings. The maximum Gasteiger partial charge on any atom is 0.249 e. The fourth-order valence-electron chi connectivity index (χ4n) is 1.87. The summed E-state index contributed by atoms with van der Waals surface area (Å²) in [5.74, 6) is 0.890. The van der Waals surface area contributed by atoms with Crippen LogP contribution in [-0.4, -0.2) is 36.7 Å². The number of amides is 1. The van der Waals surface area contributed by atoms with Crippen LogP contribution in [0.4, 0.5) is 0 Å². The molecule has 1 amide bonds. The van der Waals surface area contributed by atoms with E-state index in [1.807, 2.05) is 38.1 Å². The number of benzene rings is 1. The van der Waals surface area contributed by atoms with Crippen LogP contribution in [-0.2, 0) is 16.1 Å². The van der Waals surface area contributed by atoms with Gasteiger partial charge in [-0.15, -0.1) is 0 Å². The number of hydrogen-bond acceptors (Lipinski definition) is 3. The summed E-state index contributed by atoms with van der Waals surface area (Å²) in [7, 11) is 0. The maximum absolute atomic E-state index is 12.0. The number of carbonyl (C=O) groups excluding carboxylic acids is 1. The van der Waals surface area contributed by atoms with Gasteiger partial charge in [-0.25, -0.2) is 0 Å². The van der Waals surface area contributed by atoms with Gasteiger partial charge in [-0.3, -0.25) is 4.79 Å². The number of nitrogens with zero attached hydrogens (tertiary/aromatic N) is 1. The molecule has 1 aromatic carbocycles. The fraction of sp³-hybridized carbons (Fsp3) is 0.500. The molecule has 0 atom stereocenters. The van der Waals surface area contributed by atoms with E-state index in [1.54, 1.807) is 4.90 Å². The first kappa shape index (κ1) is 12.9. The predicted octanol–water partition coefficient (Wildman–Crippen LogP) is 1.83. The number of carbonyl (C=O) groups is 1. The molecule has 0 fully saturated rings. The zero-order valence-corrected chi connectivity index (χ0v) is 10.9. The van der Waals surface area contributed by atoms with Crippen LogP contribution in [0.1, 0.15) is 19.4 Å². The highest BCUT2D eigenvalue weighted by Gasteiger charge is 2.19. The third-order valence-electron chi connectivity index (χ3n) is 2.85. The molecule has 1 heterocycles. The molecule has 4 nitrogen and oxygen atoms in total. The molecule has 0 saturated carbocycles. The van der Waals surface area contributed by atoms with E-state index >= 15 is 0 Å². The van der Waals surface area contributed by atoms with Crippen molar-refractivity contribution in [3.05, 3.63) is 29.8 Å². The van der Waals surface area contributed by atoms with Gasteiger partial charge in [0.05, 0.1) is 12.6 Å². The molecule has 0 spiro atoms. The lowest BCUT2D eigenvalue weighted by atomic mass is 10.2. The predicted molar refractivity (Wildman–Crippen MR) is 68.4 cm³/mol. The van der Waals surface area contributed by atoms with E-state index in [-0.39, 0.29) is 18.6 Å². The topological polar surface area (TPSA) is 38.8 Å². The van der Waals surface area contributed by atoms with E-state index < -0.39 is 0 Å². The van der Waals surface area contributed by atoms with Crippen molar-refractivity contribution < 1.29 is 14.3 Å². The van der Waals surface area contributed by atoms with Crippen molar-refractivity contribution in [1.82, 2.24) is 4.90 Å². The molecule has 2 rings (SSSR count). The second-order valence-electron chi connectivity index (χ2n) is 4.63. The van der Waals surface area contributed by atoms with Crippen molar-refractivity contribution >= 4 is 5.91 Å². The zero-order valence-electron chi connectivity index (χ0n) is 10.9. The van der Waals surface area contributed by atoms with Gasteiger partial charge in [0.1, 0.15) is 19.0 Å². The van der Waals surface area contributed by atoms with E-state index in [1.165, 1.54) is 0 Å². The minimum Gasteiger partial charge on any atom is -0.491 e. The minimum absolute atomic E-state index is 0.0176. The first-order chi connectivity index (χ1) is 8.66. The molecule has 0 unspecified atom stereocenters. The van der Waals surface area contributed by atoms with Crippen LogP contribution in [0.5, 0.6) is 5.75 Å². The largest absolute Gasteiger partial charge is 0.491 e. The molecule has 0 aromatic heterocycles. The average molecular weight is 249 g/mol. The summed E-state index contributed by atoms with van der Waals surface area (Å²) in [5.41, 5.74) is 1.05. The average Bonchev–Trinajstić information content (AvgIpc) is 2.57.